The first-order chi connectivity index (χ1) is 27.9. The van der Waals surface area contributed by atoms with Gasteiger partial charge in [-0.25, -0.2) is 28.8 Å². The second kappa shape index (κ2) is 28.9. The monoisotopic (exact) mass is 958 g/mol. The second-order valence-corrected chi connectivity index (χ2v) is 26.4. The van der Waals surface area contributed by atoms with Crippen LogP contribution >= 0.6 is 46.0 Å². The molecule has 0 fully saturated rings. The Morgan fingerprint density at radius 1 is 0.672 bits per heavy atom. The maximum Gasteiger partial charge on any atom is 0.408 e. The maximum absolute atomic E-state index is 11.8. The number of esters is 3. The molecule has 0 spiro atoms. The molecule has 0 aliphatic carbocycles. The Balaban J connectivity index is 0. The molecule has 18 nitrogen and oxygen atoms in total. The van der Waals surface area contributed by atoms with Crippen LogP contribution in [0.5, 0.6) is 0 Å². The highest BCUT2D eigenvalue weighted by Crippen LogP contribution is 2.32. The number of nitrogens with one attached hydrogen (secondary N) is 3. The standard InChI is InChI=1S/C15H20N2O6S2.C14H29NO4SSi.C9H17NO4S/c1-15(2,3)23-14(19)16-12(13(18)22-4)9-24-25-11-7-5-10(6-8-11)17(20)21;1-14(2,3)19-13(17)15-11(12(16)18-4)10-20-8-9-21(5,6)7;1-9(2,3)14-8(12)10-6(5-15)7(11)13-4/h5-8,12H,9H2,1-4H3,(H,16,19);11H,8-10H2,1-7H3,(H,15,17);6,15H,5H2,1-4H3,(H,10,12)/t12-;11-;6-/m000/s1. The molecule has 1 aromatic carbocycles. The van der Waals surface area contributed by atoms with Crippen molar-refractivity contribution in [3.05, 3.63) is 34.4 Å². The number of alkyl carbamates (subject to hydrolysis) is 3. The Hall–Kier alpha value is -3.54. The number of hydrogen-bond acceptors (Lipinski definition) is 18. The smallest absolute Gasteiger partial charge is 0.408 e. The molecule has 0 unspecified atom stereocenters. The van der Waals surface area contributed by atoms with E-state index in [0.717, 1.165) is 10.6 Å². The number of carbonyl (C=O) groups excluding carboxylic acids is 6. The summed E-state index contributed by atoms with van der Waals surface area (Å²) in [5, 5.41) is 18.0. The fourth-order valence-corrected chi connectivity index (χ4v) is 9.72. The third-order valence-electron chi connectivity index (χ3n) is 6.43. The van der Waals surface area contributed by atoms with Crippen molar-refractivity contribution in [2.75, 3.05) is 44.3 Å². The molecule has 0 aliphatic rings. The first kappa shape index (κ1) is 59.5. The van der Waals surface area contributed by atoms with Crippen molar-refractivity contribution < 1.29 is 62.1 Å². The van der Waals surface area contributed by atoms with E-state index in [1.807, 2.05) is 0 Å². The zero-order valence-corrected chi connectivity index (χ0v) is 42.3. The summed E-state index contributed by atoms with van der Waals surface area (Å²) in [7, 11) is 5.36. The Kier molecular flexibility index (Phi) is 28.3. The molecule has 0 saturated heterocycles. The first-order valence-electron chi connectivity index (χ1n) is 18.8. The summed E-state index contributed by atoms with van der Waals surface area (Å²) in [6.45, 7) is 22.6. The zero-order valence-electron chi connectivity index (χ0n) is 37.9. The third-order valence-corrected chi connectivity index (χ3v) is 12.4. The molecule has 61 heavy (non-hydrogen) atoms. The molecule has 0 saturated carbocycles. The quantitative estimate of drug-likeness (QED) is 0.0173. The largest absolute Gasteiger partial charge is 0.467 e. The second-order valence-electron chi connectivity index (χ2n) is 16.9. The van der Waals surface area contributed by atoms with E-state index in [4.69, 9.17) is 18.9 Å². The summed E-state index contributed by atoms with van der Waals surface area (Å²) < 4.78 is 29.1. The van der Waals surface area contributed by atoms with Gasteiger partial charge in [0.1, 0.15) is 34.9 Å². The van der Waals surface area contributed by atoms with E-state index < -0.39 is 84.1 Å². The highest BCUT2D eigenvalue weighted by molar-refractivity contribution is 8.76. The Morgan fingerprint density at radius 2 is 1.03 bits per heavy atom. The molecule has 3 atom stereocenters. The molecule has 350 valence electrons. The van der Waals surface area contributed by atoms with Crippen LogP contribution < -0.4 is 16.0 Å². The van der Waals surface area contributed by atoms with Gasteiger partial charge in [-0.3, -0.25) is 10.1 Å². The summed E-state index contributed by atoms with van der Waals surface area (Å²) in [4.78, 5) is 80.3. The van der Waals surface area contributed by atoms with Crippen molar-refractivity contribution in [2.24, 2.45) is 0 Å². The molecule has 1 rings (SSSR count). The number of benzene rings is 1. The van der Waals surface area contributed by atoms with E-state index in [0.29, 0.717) is 5.75 Å². The highest BCUT2D eigenvalue weighted by atomic mass is 33.1. The van der Waals surface area contributed by atoms with Crippen LogP contribution in [0.2, 0.25) is 25.7 Å². The molecule has 0 radical (unpaired) electrons. The van der Waals surface area contributed by atoms with Crippen molar-refractivity contribution in [3.8, 4) is 0 Å². The number of nitro groups is 1. The van der Waals surface area contributed by atoms with E-state index in [1.54, 1.807) is 86.2 Å². The molecule has 3 amide bonds. The van der Waals surface area contributed by atoms with Gasteiger partial charge in [-0.05, 0) is 86.2 Å². The number of hydrogen-bond donors (Lipinski definition) is 4. The van der Waals surface area contributed by atoms with Crippen molar-refractivity contribution >= 4 is 95.9 Å². The minimum Gasteiger partial charge on any atom is -0.467 e. The maximum atomic E-state index is 11.8. The van der Waals surface area contributed by atoms with Gasteiger partial charge >= 0.3 is 36.2 Å². The van der Waals surface area contributed by atoms with Crippen LogP contribution in [0.3, 0.4) is 0 Å². The van der Waals surface area contributed by atoms with Gasteiger partial charge in [0.2, 0.25) is 0 Å². The van der Waals surface area contributed by atoms with E-state index in [1.165, 1.54) is 61.1 Å². The number of rotatable bonds is 17. The van der Waals surface area contributed by atoms with Crippen LogP contribution in [0.15, 0.2) is 29.2 Å². The van der Waals surface area contributed by atoms with Crippen LogP contribution in [-0.4, -0.2) is 128 Å². The fraction of sp³-hybridized carbons (Fsp3) is 0.684. The van der Waals surface area contributed by atoms with Crippen molar-refractivity contribution in [2.45, 2.75) is 128 Å². The van der Waals surface area contributed by atoms with Crippen molar-refractivity contribution in [1.29, 1.82) is 0 Å². The Labute approximate surface area is 378 Å². The van der Waals surface area contributed by atoms with Crippen LogP contribution in [0.4, 0.5) is 20.1 Å². The highest BCUT2D eigenvalue weighted by Gasteiger charge is 2.27. The lowest BCUT2D eigenvalue weighted by atomic mass is 10.2. The third kappa shape index (κ3) is 32.8. The fourth-order valence-electron chi connectivity index (χ4n) is 3.67. The molecular formula is C38H66N4O14S4Si. The van der Waals surface area contributed by atoms with E-state index in [9.17, 15) is 38.9 Å². The molecule has 0 bridgehead atoms. The topological polar surface area (TPSA) is 237 Å². The predicted molar refractivity (Wildman–Crippen MR) is 246 cm³/mol. The van der Waals surface area contributed by atoms with E-state index in [-0.39, 0.29) is 17.2 Å². The number of amides is 3. The van der Waals surface area contributed by atoms with Gasteiger partial charge in [-0.2, -0.15) is 24.4 Å². The van der Waals surface area contributed by atoms with Gasteiger partial charge in [0.25, 0.3) is 5.69 Å². The summed E-state index contributed by atoms with van der Waals surface area (Å²) in [5.41, 5.74) is -1.85. The van der Waals surface area contributed by atoms with E-state index in [2.05, 4.69) is 57.7 Å². The molecule has 0 aliphatic heterocycles. The van der Waals surface area contributed by atoms with Crippen LogP contribution in [-0.2, 0) is 42.8 Å². The van der Waals surface area contributed by atoms with Crippen molar-refractivity contribution in [3.63, 3.8) is 0 Å². The molecule has 0 aromatic heterocycles. The summed E-state index contributed by atoms with van der Waals surface area (Å²) in [5.74, 6) is 0.314. The van der Waals surface area contributed by atoms with Gasteiger partial charge in [-0.1, -0.05) is 41.2 Å². The number of thioether (sulfide) groups is 1. The molecule has 0 heterocycles. The lowest BCUT2D eigenvalue weighted by molar-refractivity contribution is -0.384. The summed E-state index contributed by atoms with van der Waals surface area (Å²) in [6.07, 6.45) is -1.96. The zero-order chi connectivity index (χ0) is 47.8. The number of nitro benzene ring substituents is 1. The minimum absolute atomic E-state index is 0.00776. The Bertz CT molecular complexity index is 1550. The van der Waals surface area contributed by atoms with Crippen LogP contribution in [0.25, 0.3) is 0 Å². The molecule has 3 N–H and O–H groups in total. The number of thiol groups is 1. The van der Waals surface area contributed by atoms with Gasteiger partial charge in [0, 0.05) is 42.4 Å². The average Bonchev–Trinajstić information content (AvgIpc) is 3.11. The predicted octanol–water partition coefficient (Wildman–Crippen LogP) is 7.51. The van der Waals surface area contributed by atoms with Gasteiger partial charge in [-0.15, -0.1) is 0 Å². The SMILES string of the molecule is COC(=O)[C@H](CS)NC(=O)OC(C)(C)C.COC(=O)[C@H](CSCC[Si](C)(C)C)NC(=O)OC(C)(C)C.COC(=O)[C@H](CSSc1ccc([N+](=O)[O-])cc1)NC(=O)OC(C)(C)C. The number of carbonyl (C=O) groups is 6. The normalized spacial score (nSPS) is 12.8. The lowest BCUT2D eigenvalue weighted by Gasteiger charge is -2.22. The molecule has 1 aromatic rings. The molecular weight excluding hydrogens is 893 g/mol. The first-order valence-corrected chi connectivity index (χ1v) is 26.6. The lowest BCUT2D eigenvalue weighted by Crippen LogP contribution is -2.45. The summed E-state index contributed by atoms with van der Waals surface area (Å²) >= 11 is 5.58. The summed E-state index contributed by atoms with van der Waals surface area (Å²) in [6, 6.07) is 4.89. The van der Waals surface area contributed by atoms with E-state index >= 15 is 0 Å². The number of methoxy groups -OCH3 is 3. The number of nitrogens with zero attached hydrogens (tertiary/aromatic N) is 1. The number of ether oxygens (including phenoxy) is 6. The average molecular weight is 959 g/mol. The van der Waals surface area contributed by atoms with Gasteiger partial charge in [0.05, 0.1) is 26.3 Å². The number of non-ortho nitro benzene ring substituents is 1. The minimum atomic E-state index is -1.08. The van der Waals surface area contributed by atoms with Gasteiger partial charge < -0.3 is 44.4 Å². The van der Waals surface area contributed by atoms with Crippen LogP contribution in [0, 0.1) is 10.1 Å². The van der Waals surface area contributed by atoms with Crippen molar-refractivity contribution in [1.82, 2.24) is 16.0 Å². The molecule has 23 heteroatoms. The van der Waals surface area contributed by atoms with Crippen LogP contribution in [0.1, 0.15) is 62.3 Å². The van der Waals surface area contributed by atoms with Gasteiger partial charge in [0.15, 0.2) is 0 Å². The Morgan fingerprint density at radius 3 is 1.36 bits per heavy atom.